The Balaban J connectivity index is 1.74. The molecule has 0 amide bonds. The van der Waals surface area contributed by atoms with Crippen LogP contribution < -0.4 is 9.80 Å². The number of anilines is 2. The van der Waals surface area contributed by atoms with Crippen LogP contribution >= 0.6 is 0 Å². The Bertz CT molecular complexity index is 797. The Morgan fingerprint density at radius 2 is 1.96 bits per heavy atom. The summed E-state index contributed by atoms with van der Waals surface area (Å²) in [6.45, 7) is 0.709. The maximum atomic E-state index is 11.7. The van der Waals surface area contributed by atoms with Crippen molar-refractivity contribution in [1.29, 1.82) is 0 Å². The highest BCUT2D eigenvalue weighted by atomic mass is 32.2. The van der Waals surface area contributed by atoms with Crippen molar-refractivity contribution in [3.63, 3.8) is 0 Å². The fraction of sp³-hybridized carbons (Fsp3) is 0.438. The van der Waals surface area contributed by atoms with Gasteiger partial charge in [-0.15, -0.1) is 5.10 Å². The molecular formula is C16H21N5O2S. The minimum atomic E-state index is -2.94. The first-order chi connectivity index (χ1) is 11.4. The molecule has 0 spiro atoms. The van der Waals surface area contributed by atoms with E-state index in [4.69, 9.17) is 0 Å². The van der Waals surface area contributed by atoms with E-state index < -0.39 is 9.84 Å². The van der Waals surface area contributed by atoms with Crippen LogP contribution in [0.1, 0.15) is 12.0 Å². The van der Waals surface area contributed by atoms with E-state index in [9.17, 15) is 8.42 Å². The Morgan fingerprint density at radius 1 is 1.21 bits per heavy atom. The van der Waals surface area contributed by atoms with E-state index in [0.717, 1.165) is 0 Å². The van der Waals surface area contributed by atoms with Crippen LogP contribution in [0.15, 0.2) is 36.5 Å². The summed E-state index contributed by atoms with van der Waals surface area (Å²) in [5.41, 5.74) is 1.18. The van der Waals surface area contributed by atoms with Gasteiger partial charge in [-0.05, 0) is 12.0 Å². The second kappa shape index (κ2) is 6.72. The van der Waals surface area contributed by atoms with Crippen LogP contribution in [0, 0.1) is 0 Å². The molecular weight excluding hydrogens is 326 g/mol. The fourth-order valence-electron chi connectivity index (χ4n) is 2.80. The van der Waals surface area contributed by atoms with Gasteiger partial charge in [0.1, 0.15) is 0 Å². The van der Waals surface area contributed by atoms with Gasteiger partial charge in [0.25, 0.3) is 0 Å². The van der Waals surface area contributed by atoms with Gasteiger partial charge in [-0.1, -0.05) is 30.3 Å². The number of hydrogen-bond acceptors (Lipinski definition) is 7. The standard InChI is InChI=1S/C16H21N5O2S/c1-20(11-13-6-4-3-5-7-13)15-10-17-19-16(18-15)21(2)14-8-9-24(22,23)12-14/h3-7,10,14H,8-9,11-12H2,1-2H3. The molecule has 1 aliphatic heterocycles. The third-order valence-corrected chi connectivity index (χ3v) is 6.01. The third-order valence-electron chi connectivity index (χ3n) is 4.26. The zero-order chi connectivity index (χ0) is 17.2. The predicted molar refractivity (Wildman–Crippen MR) is 93.8 cm³/mol. The minimum absolute atomic E-state index is 0.0912. The van der Waals surface area contributed by atoms with Crippen LogP contribution in [0.4, 0.5) is 11.8 Å². The summed E-state index contributed by atoms with van der Waals surface area (Å²) in [4.78, 5) is 8.35. The quantitative estimate of drug-likeness (QED) is 0.802. The van der Waals surface area contributed by atoms with Crippen LogP contribution in [0.2, 0.25) is 0 Å². The smallest absolute Gasteiger partial charge is 0.247 e. The van der Waals surface area contributed by atoms with Crippen molar-refractivity contribution < 1.29 is 8.42 Å². The number of sulfone groups is 1. The maximum Gasteiger partial charge on any atom is 0.247 e. The summed E-state index contributed by atoms with van der Waals surface area (Å²) in [7, 11) is 0.824. The lowest BCUT2D eigenvalue weighted by atomic mass is 10.2. The molecule has 2 heterocycles. The van der Waals surface area contributed by atoms with Crippen LogP contribution in [0.25, 0.3) is 0 Å². The Labute approximate surface area is 142 Å². The molecule has 1 aromatic carbocycles. The summed E-state index contributed by atoms with van der Waals surface area (Å²) >= 11 is 0. The van der Waals surface area contributed by atoms with Gasteiger partial charge in [-0.3, -0.25) is 0 Å². The average molecular weight is 347 g/mol. The molecule has 1 fully saturated rings. The van der Waals surface area contributed by atoms with Gasteiger partial charge in [-0.25, -0.2) is 8.42 Å². The number of nitrogens with zero attached hydrogens (tertiary/aromatic N) is 5. The lowest BCUT2D eigenvalue weighted by Crippen LogP contribution is -2.34. The molecule has 7 nitrogen and oxygen atoms in total. The van der Waals surface area contributed by atoms with Crippen molar-refractivity contribution >= 4 is 21.6 Å². The largest absolute Gasteiger partial charge is 0.354 e. The number of benzene rings is 1. The van der Waals surface area contributed by atoms with Crippen molar-refractivity contribution in [1.82, 2.24) is 15.2 Å². The number of aromatic nitrogens is 3. The van der Waals surface area contributed by atoms with Crippen LogP contribution in [-0.2, 0) is 16.4 Å². The topological polar surface area (TPSA) is 79.3 Å². The molecule has 1 saturated heterocycles. The Morgan fingerprint density at radius 3 is 2.62 bits per heavy atom. The molecule has 0 bridgehead atoms. The van der Waals surface area contributed by atoms with Crippen molar-refractivity contribution in [2.24, 2.45) is 0 Å². The highest BCUT2D eigenvalue weighted by Gasteiger charge is 2.32. The van der Waals surface area contributed by atoms with Gasteiger partial charge < -0.3 is 9.80 Å². The molecule has 128 valence electrons. The van der Waals surface area contributed by atoms with Crippen molar-refractivity contribution in [2.75, 3.05) is 35.4 Å². The summed E-state index contributed by atoms with van der Waals surface area (Å²) < 4.78 is 23.3. The number of hydrogen-bond donors (Lipinski definition) is 0. The molecule has 1 unspecified atom stereocenters. The monoisotopic (exact) mass is 347 g/mol. The van der Waals surface area contributed by atoms with Crippen LogP contribution in [-0.4, -0.2) is 55.2 Å². The van der Waals surface area contributed by atoms with Crippen LogP contribution in [0.3, 0.4) is 0 Å². The second-order valence-corrected chi connectivity index (χ2v) is 8.35. The molecule has 1 atom stereocenters. The van der Waals surface area contributed by atoms with Gasteiger partial charge in [0, 0.05) is 26.7 Å². The SMILES string of the molecule is CN(Cc1ccccc1)c1cnnc(N(C)C2CCS(=O)(=O)C2)n1. The Hall–Kier alpha value is -2.22. The van der Waals surface area contributed by atoms with E-state index in [1.54, 1.807) is 6.20 Å². The highest BCUT2D eigenvalue weighted by molar-refractivity contribution is 7.91. The van der Waals surface area contributed by atoms with E-state index >= 15 is 0 Å². The predicted octanol–water partition coefficient (Wildman–Crippen LogP) is 1.13. The van der Waals surface area contributed by atoms with E-state index in [2.05, 4.69) is 27.3 Å². The highest BCUT2D eigenvalue weighted by Crippen LogP contribution is 2.21. The molecule has 1 aromatic heterocycles. The first kappa shape index (κ1) is 16.6. The lowest BCUT2D eigenvalue weighted by molar-refractivity contribution is 0.600. The fourth-order valence-corrected chi connectivity index (χ4v) is 4.58. The van der Waals surface area contributed by atoms with Crippen LogP contribution in [0.5, 0.6) is 0 Å². The zero-order valence-electron chi connectivity index (χ0n) is 13.8. The molecule has 24 heavy (non-hydrogen) atoms. The Kier molecular flexibility index (Phi) is 4.66. The van der Waals surface area contributed by atoms with Crippen molar-refractivity contribution in [3.8, 4) is 0 Å². The number of rotatable bonds is 5. The molecule has 0 N–H and O–H groups in total. The second-order valence-electron chi connectivity index (χ2n) is 6.12. The molecule has 8 heteroatoms. The minimum Gasteiger partial charge on any atom is -0.354 e. The van der Waals surface area contributed by atoms with E-state index in [-0.39, 0.29) is 17.5 Å². The van der Waals surface area contributed by atoms with Gasteiger partial charge in [0.05, 0.1) is 17.7 Å². The first-order valence-corrected chi connectivity index (χ1v) is 9.65. The molecule has 3 rings (SSSR count). The maximum absolute atomic E-state index is 11.7. The van der Waals surface area contributed by atoms with Gasteiger partial charge in [0.2, 0.25) is 5.95 Å². The summed E-state index contributed by atoms with van der Waals surface area (Å²) in [6, 6.07) is 10.0. The van der Waals surface area contributed by atoms with Crippen molar-refractivity contribution in [2.45, 2.75) is 19.0 Å². The molecule has 2 aromatic rings. The van der Waals surface area contributed by atoms with Gasteiger partial charge >= 0.3 is 0 Å². The summed E-state index contributed by atoms with van der Waals surface area (Å²) in [5.74, 6) is 1.53. The molecule has 0 saturated carbocycles. The first-order valence-electron chi connectivity index (χ1n) is 7.83. The molecule has 0 radical (unpaired) electrons. The molecule has 1 aliphatic rings. The average Bonchev–Trinajstić information content (AvgIpc) is 2.95. The van der Waals surface area contributed by atoms with E-state index in [1.165, 1.54) is 5.56 Å². The normalized spacial score (nSPS) is 19.2. The van der Waals surface area contributed by atoms with Gasteiger partial charge in [0.15, 0.2) is 15.7 Å². The molecule has 0 aliphatic carbocycles. The summed E-state index contributed by atoms with van der Waals surface area (Å²) in [5, 5.41) is 8.10. The van der Waals surface area contributed by atoms with Crippen molar-refractivity contribution in [3.05, 3.63) is 42.1 Å². The lowest BCUT2D eigenvalue weighted by Gasteiger charge is -2.24. The van der Waals surface area contributed by atoms with Gasteiger partial charge in [-0.2, -0.15) is 10.1 Å². The third kappa shape index (κ3) is 3.81. The summed E-state index contributed by atoms with van der Waals surface area (Å²) in [6.07, 6.45) is 2.22. The van der Waals surface area contributed by atoms with E-state index in [0.29, 0.717) is 24.7 Å². The van der Waals surface area contributed by atoms with E-state index in [1.807, 2.05) is 42.1 Å². The zero-order valence-corrected chi connectivity index (χ0v) is 14.6.